The highest BCUT2D eigenvalue weighted by Gasteiger charge is 2.36. The van der Waals surface area contributed by atoms with E-state index in [0.29, 0.717) is 34.5 Å². The quantitative estimate of drug-likeness (QED) is 0.209. The van der Waals surface area contributed by atoms with Crippen LogP contribution in [0.25, 0.3) is 6.08 Å². The van der Waals surface area contributed by atoms with Crippen molar-refractivity contribution < 1.29 is 38.2 Å². The van der Waals surface area contributed by atoms with Gasteiger partial charge < -0.3 is 24.8 Å². The van der Waals surface area contributed by atoms with Gasteiger partial charge in [-0.15, -0.1) is 0 Å². The predicted octanol–water partition coefficient (Wildman–Crippen LogP) is 5.39. The molecule has 4 amide bonds. The number of hydrogen-bond donors (Lipinski definition) is 2. The Bertz CT molecular complexity index is 1640. The Morgan fingerprint density at radius 3 is 2.30 bits per heavy atom. The lowest BCUT2D eigenvalue weighted by atomic mass is 10.1. The largest absolute Gasteiger partial charge is 0.493 e. The zero-order valence-electron chi connectivity index (χ0n) is 24.0. The van der Waals surface area contributed by atoms with Crippen LogP contribution in [0.5, 0.6) is 11.5 Å². The molecule has 0 spiro atoms. The Morgan fingerprint density at radius 1 is 0.909 bits per heavy atom. The van der Waals surface area contributed by atoms with Crippen molar-refractivity contribution in [2.24, 2.45) is 0 Å². The van der Waals surface area contributed by atoms with Crippen molar-refractivity contribution in [2.45, 2.75) is 13.3 Å². The van der Waals surface area contributed by atoms with E-state index in [9.17, 15) is 24.0 Å². The fraction of sp³-hybridized carbons (Fsp3) is 0.194. The Balaban J connectivity index is 1.37. The lowest BCUT2D eigenvalue weighted by Crippen LogP contribution is -2.36. The van der Waals surface area contributed by atoms with Gasteiger partial charge in [0.2, 0.25) is 5.91 Å². The molecule has 0 saturated carbocycles. The summed E-state index contributed by atoms with van der Waals surface area (Å²) in [7, 11) is 2.63. The number of amides is 4. The molecule has 1 heterocycles. The summed E-state index contributed by atoms with van der Waals surface area (Å²) in [4.78, 5) is 63.3. The Labute approximate surface area is 262 Å². The molecule has 11 nitrogen and oxygen atoms in total. The molecule has 3 aromatic rings. The van der Waals surface area contributed by atoms with Gasteiger partial charge in [0, 0.05) is 11.4 Å². The number of carbonyl (C=O) groups excluding carboxylic acids is 5. The van der Waals surface area contributed by atoms with Gasteiger partial charge >= 0.3 is 5.97 Å². The minimum Gasteiger partial charge on any atom is -0.493 e. The molecule has 0 radical (unpaired) electrons. The highest BCUT2D eigenvalue weighted by atomic mass is 35.5. The molecule has 0 aromatic heterocycles. The summed E-state index contributed by atoms with van der Waals surface area (Å²) in [5.74, 6) is -1.72. The van der Waals surface area contributed by atoms with Gasteiger partial charge in [0.1, 0.15) is 6.54 Å². The van der Waals surface area contributed by atoms with Crippen molar-refractivity contribution in [2.75, 3.05) is 38.0 Å². The van der Waals surface area contributed by atoms with Crippen molar-refractivity contribution in [1.82, 2.24) is 4.90 Å². The number of methoxy groups -OCH3 is 2. The van der Waals surface area contributed by atoms with Crippen LogP contribution in [-0.4, -0.2) is 61.2 Å². The number of imide groups is 1. The Kier molecular flexibility index (Phi) is 10.6. The van der Waals surface area contributed by atoms with E-state index in [1.807, 2.05) is 31.2 Å². The van der Waals surface area contributed by atoms with E-state index in [1.165, 1.54) is 38.5 Å². The molecule has 3 aromatic carbocycles. The molecule has 0 aliphatic carbocycles. The maximum absolute atomic E-state index is 13.0. The van der Waals surface area contributed by atoms with Gasteiger partial charge in [0.25, 0.3) is 17.1 Å². The Hall–Kier alpha value is -4.81. The summed E-state index contributed by atoms with van der Waals surface area (Å²) < 4.78 is 15.7. The molecule has 4 rings (SSSR count). The van der Waals surface area contributed by atoms with E-state index < -0.39 is 29.6 Å². The first kappa shape index (κ1) is 32.1. The SMILES string of the molecule is CCc1ccc(NC(=O)COc2ccc(/C=C3\SC(=O)N(CC(=O)Nc4ccc(Cl)c(C(=O)OC)c4)C3=O)cc2OC)cc1. The lowest BCUT2D eigenvalue weighted by molar-refractivity contribution is -0.127. The fourth-order valence-corrected chi connectivity index (χ4v) is 5.09. The topological polar surface area (TPSA) is 140 Å². The third-order valence-corrected chi connectivity index (χ3v) is 7.56. The number of benzene rings is 3. The monoisotopic (exact) mass is 637 g/mol. The predicted molar refractivity (Wildman–Crippen MR) is 167 cm³/mol. The number of thioether (sulfide) groups is 1. The molecular formula is C31H28ClN3O8S. The lowest BCUT2D eigenvalue weighted by Gasteiger charge is -2.13. The van der Waals surface area contributed by atoms with Gasteiger partial charge in [-0.2, -0.15) is 0 Å². The second-order valence-corrected chi connectivity index (χ2v) is 10.7. The number of nitrogens with one attached hydrogen (secondary N) is 2. The van der Waals surface area contributed by atoms with Gasteiger partial charge in [0.05, 0.1) is 29.7 Å². The van der Waals surface area contributed by atoms with Crippen molar-refractivity contribution in [3.05, 3.63) is 87.3 Å². The molecule has 44 heavy (non-hydrogen) atoms. The van der Waals surface area contributed by atoms with E-state index in [4.69, 9.17) is 21.1 Å². The molecule has 2 N–H and O–H groups in total. The summed E-state index contributed by atoms with van der Waals surface area (Å²) in [6.45, 7) is 1.25. The summed E-state index contributed by atoms with van der Waals surface area (Å²) in [5, 5.41) is 4.83. The van der Waals surface area contributed by atoms with Crippen LogP contribution in [0.4, 0.5) is 16.2 Å². The fourth-order valence-electron chi connectivity index (χ4n) is 4.06. The van der Waals surface area contributed by atoms with Crippen LogP contribution in [-0.2, 0) is 25.5 Å². The number of anilines is 2. The molecule has 1 saturated heterocycles. The summed E-state index contributed by atoms with van der Waals surface area (Å²) >= 11 is 6.69. The molecule has 228 valence electrons. The van der Waals surface area contributed by atoms with E-state index in [0.717, 1.165) is 16.9 Å². The minimum atomic E-state index is -0.683. The molecule has 1 aliphatic heterocycles. The average Bonchev–Trinajstić information content (AvgIpc) is 3.28. The third kappa shape index (κ3) is 7.97. The average molecular weight is 638 g/mol. The van der Waals surface area contributed by atoms with Crippen molar-refractivity contribution >= 4 is 69.7 Å². The first-order valence-corrected chi connectivity index (χ1v) is 14.4. The number of halogens is 1. The van der Waals surface area contributed by atoms with Crippen molar-refractivity contribution in [1.29, 1.82) is 0 Å². The van der Waals surface area contributed by atoms with Crippen LogP contribution in [0.2, 0.25) is 5.02 Å². The van der Waals surface area contributed by atoms with Crippen LogP contribution in [0, 0.1) is 0 Å². The summed E-state index contributed by atoms with van der Waals surface area (Å²) in [6.07, 6.45) is 2.39. The molecule has 0 unspecified atom stereocenters. The smallest absolute Gasteiger partial charge is 0.339 e. The van der Waals surface area contributed by atoms with Gasteiger partial charge in [0.15, 0.2) is 18.1 Å². The zero-order chi connectivity index (χ0) is 31.8. The molecule has 0 atom stereocenters. The van der Waals surface area contributed by atoms with Crippen molar-refractivity contribution in [3.63, 3.8) is 0 Å². The van der Waals surface area contributed by atoms with Crippen LogP contribution >= 0.6 is 23.4 Å². The molecular weight excluding hydrogens is 610 g/mol. The highest BCUT2D eigenvalue weighted by Crippen LogP contribution is 2.34. The number of ether oxygens (including phenoxy) is 3. The standard InChI is InChI=1S/C31H28ClN3O8S/c1-4-18-5-8-20(9-6-18)33-28(37)17-43-24-12-7-19(13-25(24)41-2)14-26-29(38)35(31(40)44-26)16-27(36)34-21-10-11-23(32)22(15-21)30(39)42-3/h5-15H,4,16-17H2,1-3H3,(H,33,37)(H,34,36)/b26-14-. The van der Waals surface area contributed by atoms with Gasteiger partial charge in [-0.05, 0) is 77.9 Å². The van der Waals surface area contributed by atoms with Crippen LogP contribution in [0.1, 0.15) is 28.4 Å². The maximum atomic E-state index is 13.0. The third-order valence-electron chi connectivity index (χ3n) is 6.32. The summed E-state index contributed by atoms with van der Waals surface area (Å²) in [5.41, 5.74) is 2.63. The molecule has 1 aliphatic rings. The number of rotatable bonds is 11. The van der Waals surface area contributed by atoms with E-state index in [-0.39, 0.29) is 33.7 Å². The van der Waals surface area contributed by atoms with Gasteiger partial charge in [-0.1, -0.05) is 36.7 Å². The number of carbonyl (C=O) groups is 5. The summed E-state index contributed by atoms with van der Waals surface area (Å²) in [6, 6.07) is 16.5. The number of hydrogen-bond acceptors (Lipinski definition) is 9. The zero-order valence-corrected chi connectivity index (χ0v) is 25.5. The second kappa shape index (κ2) is 14.6. The first-order valence-electron chi connectivity index (χ1n) is 13.2. The maximum Gasteiger partial charge on any atom is 0.339 e. The van der Waals surface area contributed by atoms with Crippen LogP contribution < -0.4 is 20.1 Å². The van der Waals surface area contributed by atoms with E-state index in [1.54, 1.807) is 18.2 Å². The van der Waals surface area contributed by atoms with Gasteiger partial charge in [-0.25, -0.2) is 4.79 Å². The number of aryl methyl sites for hydroxylation is 1. The minimum absolute atomic E-state index is 0.0498. The molecule has 0 bridgehead atoms. The normalized spacial score (nSPS) is 13.5. The first-order chi connectivity index (χ1) is 21.1. The number of esters is 1. The van der Waals surface area contributed by atoms with E-state index >= 15 is 0 Å². The van der Waals surface area contributed by atoms with Crippen LogP contribution in [0.15, 0.2) is 65.6 Å². The second-order valence-electron chi connectivity index (χ2n) is 9.30. The van der Waals surface area contributed by atoms with Crippen molar-refractivity contribution in [3.8, 4) is 11.5 Å². The molecule has 1 fully saturated rings. The van der Waals surface area contributed by atoms with Gasteiger partial charge in [-0.3, -0.25) is 24.1 Å². The van der Waals surface area contributed by atoms with E-state index in [2.05, 4.69) is 15.4 Å². The van der Waals surface area contributed by atoms with Crippen LogP contribution in [0.3, 0.4) is 0 Å². The molecule has 13 heteroatoms. The Morgan fingerprint density at radius 2 is 1.61 bits per heavy atom. The number of nitrogens with zero attached hydrogens (tertiary/aromatic N) is 1. The highest BCUT2D eigenvalue weighted by molar-refractivity contribution is 8.18.